The van der Waals surface area contributed by atoms with E-state index < -0.39 is 23.0 Å². The second kappa shape index (κ2) is 9.59. The number of esters is 3. The quantitative estimate of drug-likeness (QED) is 0.259. The van der Waals surface area contributed by atoms with Gasteiger partial charge in [0.05, 0.1) is 18.3 Å². The molecule has 6 heteroatoms. The molecule has 0 heterocycles. The second-order valence-corrected chi connectivity index (χ2v) is 7.04. The van der Waals surface area contributed by atoms with E-state index in [9.17, 15) is 14.4 Å². The lowest BCUT2D eigenvalue weighted by atomic mass is 9.91. The molecule has 0 aliphatic heterocycles. The first-order chi connectivity index (χ1) is 11.7. The van der Waals surface area contributed by atoms with Crippen LogP contribution in [-0.2, 0) is 28.6 Å². The molecule has 0 unspecified atom stereocenters. The summed E-state index contributed by atoms with van der Waals surface area (Å²) in [7, 11) is 0. The molecular weight excluding hydrogens is 324 g/mol. The number of ether oxygens (including phenoxy) is 3. The third-order valence-electron chi connectivity index (χ3n) is 4.69. The summed E-state index contributed by atoms with van der Waals surface area (Å²) in [6.07, 6.45) is 5.85. The molecule has 142 valence electrons. The zero-order valence-electron chi connectivity index (χ0n) is 15.6. The molecular formula is C19H30O6. The van der Waals surface area contributed by atoms with Gasteiger partial charge in [-0.05, 0) is 52.0 Å². The molecule has 0 atom stereocenters. The summed E-state index contributed by atoms with van der Waals surface area (Å²) in [6, 6.07) is 0. The van der Waals surface area contributed by atoms with Gasteiger partial charge in [0.1, 0.15) is 18.8 Å². The first-order valence-corrected chi connectivity index (χ1v) is 8.93. The normalized spacial score (nSPS) is 16.1. The van der Waals surface area contributed by atoms with E-state index in [1.165, 1.54) is 0 Å². The van der Waals surface area contributed by atoms with Crippen molar-refractivity contribution in [3.63, 3.8) is 0 Å². The highest BCUT2D eigenvalue weighted by molar-refractivity contribution is 5.78. The average Bonchev–Trinajstić information content (AvgIpc) is 3.05. The van der Waals surface area contributed by atoms with Crippen molar-refractivity contribution in [2.75, 3.05) is 13.2 Å². The van der Waals surface area contributed by atoms with Crippen molar-refractivity contribution in [3.05, 3.63) is 12.7 Å². The Balaban J connectivity index is 2.19. The van der Waals surface area contributed by atoms with E-state index in [-0.39, 0.29) is 32.0 Å². The highest BCUT2D eigenvalue weighted by atomic mass is 16.6. The second-order valence-electron chi connectivity index (χ2n) is 7.04. The Hall–Kier alpha value is -1.85. The van der Waals surface area contributed by atoms with E-state index in [1.807, 2.05) is 6.92 Å². The fourth-order valence-corrected chi connectivity index (χ4v) is 2.50. The minimum atomic E-state index is -0.568. The van der Waals surface area contributed by atoms with E-state index in [2.05, 4.69) is 6.58 Å². The van der Waals surface area contributed by atoms with Crippen molar-refractivity contribution in [2.24, 2.45) is 5.41 Å². The lowest BCUT2D eigenvalue weighted by Crippen LogP contribution is -2.29. The Bertz CT molecular complexity index is 488. The third kappa shape index (κ3) is 6.88. The summed E-state index contributed by atoms with van der Waals surface area (Å²) >= 11 is 0. The maximum absolute atomic E-state index is 11.9. The maximum atomic E-state index is 11.9. The number of carbonyl (C=O) groups excluding carboxylic acids is 3. The molecule has 0 N–H and O–H groups in total. The molecule has 1 rings (SSSR count). The predicted molar refractivity (Wildman–Crippen MR) is 92.7 cm³/mol. The lowest BCUT2D eigenvalue weighted by Gasteiger charge is -2.25. The van der Waals surface area contributed by atoms with Crippen molar-refractivity contribution in [1.29, 1.82) is 0 Å². The Morgan fingerprint density at radius 1 is 1.04 bits per heavy atom. The van der Waals surface area contributed by atoms with Gasteiger partial charge in [-0.2, -0.15) is 0 Å². The number of hydrogen-bond acceptors (Lipinski definition) is 6. The Morgan fingerprint density at radius 3 is 2.16 bits per heavy atom. The molecule has 0 aromatic carbocycles. The predicted octanol–water partition coefficient (Wildman–Crippen LogP) is 3.33. The summed E-state index contributed by atoms with van der Waals surface area (Å²) in [6.45, 7) is 9.24. The number of hydrogen-bond donors (Lipinski definition) is 0. The minimum absolute atomic E-state index is 0.0119. The standard InChI is InChI=1S/C19H30O6/c1-5-18(3,4)17(22)24-14-13-23-15(20)9-10-16(21)25-19(6-2)11-7-8-12-19/h6H,2,5,7-14H2,1,3-4H3. The van der Waals surface area contributed by atoms with Gasteiger partial charge in [-0.15, -0.1) is 0 Å². The van der Waals surface area contributed by atoms with Crippen LogP contribution in [0.1, 0.15) is 65.7 Å². The molecule has 1 aliphatic carbocycles. The third-order valence-corrected chi connectivity index (χ3v) is 4.69. The van der Waals surface area contributed by atoms with Crippen molar-refractivity contribution in [1.82, 2.24) is 0 Å². The van der Waals surface area contributed by atoms with Crippen LogP contribution in [0.3, 0.4) is 0 Å². The average molecular weight is 354 g/mol. The molecule has 0 saturated heterocycles. The van der Waals surface area contributed by atoms with Crippen LogP contribution < -0.4 is 0 Å². The van der Waals surface area contributed by atoms with Crippen LogP contribution in [-0.4, -0.2) is 36.7 Å². The van der Waals surface area contributed by atoms with Crippen LogP contribution in [0.5, 0.6) is 0 Å². The van der Waals surface area contributed by atoms with E-state index in [4.69, 9.17) is 14.2 Å². The molecule has 0 spiro atoms. The highest BCUT2D eigenvalue weighted by Crippen LogP contribution is 2.34. The van der Waals surface area contributed by atoms with Gasteiger partial charge in [0, 0.05) is 0 Å². The van der Waals surface area contributed by atoms with Gasteiger partial charge in [-0.3, -0.25) is 14.4 Å². The molecule has 1 saturated carbocycles. The first kappa shape index (κ1) is 21.2. The molecule has 25 heavy (non-hydrogen) atoms. The van der Waals surface area contributed by atoms with Gasteiger partial charge in [0.15, 0.2) is 0 Å². The van der Waals surface area contributed by atoms with Crippen LogP contribution in [0.2, 0.25) is 0 Å². The van der Waals surface area contributed by atoms with E-state index in [0.717, 1.165) is 25.7 Å². The van der Waals surface area contributed by atoms with E-state index >= 15 is 0 Å². The van der Waals surface area contributed by atoms with Crippen LogP contribution in [0.4, 0.5) is 0 Å². The summed E-state index contributed by atoms with van der Waals surface area (Å²) in [5.41, 5.74) is -1.11. The molecule has 0 amide bonds. The Morgan fingerprint density at radius 2 is 1.60 bits per heavy atom. The summed E-state index contributed by atoms with van der Waals surface area (Å²) in [4.78, 5) is 35.3. The smallest absolute Gasteiger partial charge is 0.311 e. The highest BCUT2D eigenvalue weighted by Gasteiger charge is 2.34. The number of carbonyl (C=O) groups is 3. The monoisotopic (exact) mass is 354 g/mol. The van der Waals surface area contributed by atoms with Crippen LogP contribution >= 0.6 is 0 Å². The maximum Gasteiger partial charge on any atom is 0.311 e. The fourth-order valence-electron chi connectivity index (χ4n) is 2.50. The molecule has 0 aromatic heterocycles. The lowest BCUT2D eigenvalue weighted by molar-refractivity contribution is -0.160. The largest absolute Gasteiger partial charge is 0.462 e. The summed E-state index contributed by atoms with van der Waals surface area (Å²) in [5, 5.41) is 0. The van der Waals surface area contributed by atoms with Crippen LogP contribution in [0, 0.1) is 5.41 Å². The molecule has 0 bridgehead atoms. The SMILES string of the molecule is C=CC1(OC(=O)CCC(=O)OCCOC(=O)C(C)(C)CC)CCCC1. The Kier molecular flexibility index (Phi) is 8.13. The number of rotatable bonds is 10. The van der Waals surface area contributed by atoms with Gasteiger partial charge in [0.2, 0.25) is 0 Å². The van der Waals surface area contributed by atoms with Gasteiger partial charge < -0.3 is 14.2 Å². The summed E-state index contributed by atoms with van der Waals surface area (Å²) in [5.74, 6) is -1.25. The molecule has 1 fully saturated rings. The minimum Gasteiger partial charge on any atom is -0.462 e. The van der Waals surface area contributed by atoms with Crippen LogP contribution in [0.25, 0.3) is 0 Å². The summed E-state index contributed by atoms with van der Waals surface area (Å²) < 4.78 is 15.5. The van der Waals surface area contributed by atoms with E-state index in [0.29, 0.717) is 6.42 Å². The molecule has 1 aliphatic rings. The van der Waals surface area contributed by atoms with Crippen molar-refractivity contribution in [2.45, 2.75) is 71.3 Å². The first-order valence-electron chi connectivity index (χ1n) is 8.93. The van der Waals surface area contributed by atoms with Crippen molar-refractivity contribution in [3.8, 4) is 0 Å². The van der Waals surface area contributed by atoms with Gasteiger partial charge >= 0.3 is 17.9 Å². The zero-order valence-corrected chi connectivity index (χ0v) is 15.6. The topological polar surface area (TPSA) is 78.9 Å². The molecule has 0 radical (unpaired) electrons. The van der Waals surface area contributed by atoms with Gasteiger partial charge in [-0.25, -0.2) is 0 Å². The molecule has 0 aromatic rings. The van der Waals surface area contributed by atoms with Crippen molar-refractivity contribution < 1.29 is 28.6 Å². The zero-order chi connectivity index (χ0) is 18.9. The van der Waals surface area contributed by atoms with Gasteiger partial charge in [-0.1, -0.05) is 13.5 Å². The fraction of sp³-hybridized carbons (Fsp3) is 0.737. The van der Waals surface area contributed by atoms with Gasteiger partial charge in [0.25, 0.3) is 0 Å². The van der Waals surface area contributed by atoms with Crippen LogP contribution in [0.15, 0.2) is 12.7 Å². The molecule has 6 nitrogen and oxygen atoms in total. The van der Waals surface area contributed by atoms with Crippen molar-refractivity contribution >= 4 is 17.9 Å². The Labute approximate surface area is 149 Å². The van der Waals surface area contributed by atoms with E-state index in [1.54, 1.807) is 19.9 Å².